The minimum atomic E-state index is -0.711. The van der Waals surface area contributed by atoms with Crippen molar-refractivity contribution in [2.75, 3.05) is 7.11 Å². The monoisotopic (exact) mass is 321 g/mol. The van der Waals surface area contributed by atoms with Crippen LogP contribution in [0.15, 0.2) is 71.7 Å². The molecule has 0 aromatic heterocycles. The summed E-state index contributed by atoms with van der Waals surface area (Å²) in [4.78, 5) is 16.6. The van der Waals surface area contributed by atoms with Crippen LogP contribution in [-0.4, -0.2) is 18.8 Å². The second-order valence-electron chi connectivity index (χ2n) is 6.25. The lowest BCUT2D eigenvalue weighted by molar-refractivity contribution is -0.148. The van der Waals surface area contributed by atoms with Gasteiger partial charge >= 0.3 is 5.97 Å². The molecule has 0 atom stereocenters. The van der Waals surface area contributed by atoms with Crippen molar-refractivity contribution < 1.29 is 9.53 Å². The maximum atomic E-state index is 11.9. The minimum Gasteiger partial charge on any atom is -0.468 e. The number of methoxy groups -OCH3 is 1. The van der Waals surface area contributed by atoms with Gasteiger partial charge in [-0.25, -0.2) is 4.99 Å². The molecule has 3 heteroatoms. The van der Waals surface area contributed by atoms with E-state index in [-0.39, 0.29) is 5.97 Å². The maximum Gasteiger partial charge on any atom is 0.315 e. The van der Waals surface area contributed by atoms with Crippen molar-refractivity contribution >= 4 is 17.4 Å². The number of aryl methyl sites for hydroxylation is 1. The number of aliphatic imine (C=N–C) groups is 1. The Morgan fingerprint density at radius 1 is 1.04 bits per heavy atom. The number of rotatable bonds is 5. The summed E-state index contributed by atoms with van der Waals surface area (Å²) in [5.74, 6) is -0.276. The number of nitrogens with zero attached hydrogens (tertiary/aromatic N) is 1. The van der Waals surface area contributed by atoms with Crippen molar-refractivity contribution in [3.63, 3.8) is 0 Å². The summed E-state index contributed by atoms with van der Waals surface area (Å²) in [5.41, 5.74) is 3.15. The van der Waals surface area contributed by atoms with Crippen LogP contribution in [0.3, 0.4) is 0 Å². The fraction of sp³-hybridized carbons (Fsp3) is 0.238. The number of carbonyl (C=O) groups is 1. The third kappa shape index (κ3) is 4.66. The molecule has 3 nitrogen and oxygen atoms in total. The Balaban J connectivity index is 2.41. The quantitative estimate of drug-likeness (QED) is 0.582. The summed E-state index contributed by atoms with van der Waals surface area (Å²) < 4.78 is 4.85. The fourth-order valence-electron chi connectivity index (χ4n) is 2.18. The predicted molar refractivity (Wildman–Crippen MR) is 98.8 cm³/mol. The second kappa shape index (κ2) is 7.73. The van der Waals surface area contributed by atoms with Gasteiger partial charge in [0.2, 0.25) is 0 Å². The number of carbonyl (C=O) groups excluding carboxylic acids is 1. The number of hydrogen-bond acceptors (Lipinski definition) is 3. The molecule has 0 fully saturated rings. The zero-order chi connectivity index (χ0) is 17.6. The first kappa shape index (κ1) is 17.7. The molecule has 0 heterocycles. The third-order valence-electron chi connectivity index (χ3n) is 3.72. The van der Waals surface area contributed by atoms with E-state index >= 15 is 0 Å². The number of ether oxygens (including phenoxy) is 1. The highest BCUT2D eigenvalue weighted by molar-refractivity contribution is 6.10. The molecule has 0 aliphatic heterocycles. The van der Waals surface area contributed by atoms with Gasteiger partial charge in [0.15, 0.2) is 0 Å². The average Bonchev–Trinajstić information content (AvgIpc) is 2.60. The predicted octanol–water partition coefficient (Wildman–Crippen LogP) is 4.87. The van der Waals surface area contributed by atoms with E-state index in [2.05, 4.69) is 0 Å². The van der Waals surface area contributed by atoms with Gasteiger partial charge in [-0.15, -0.1) is 0 Å². The van der Waals surface area contributed by atoms with Crippen LogP contribution in [0.1, 0.15) is 25.0 Å². The van der Waals surface area contributed by atoms with Crippen LogP contribution in [0.2, 0.25) is 0 Å². The van der Waals surface area contributed by atoms with E-state index in [9.17, 15) is 4.79 Å². The molecule has 0 unspecified atom stereocenters. The third-order valence-corrected chi connectivity index (χ3v) is 3.72. The molecule has 0 spiro atoms. The lowest BCUT2D eigenvalue weighted by Gasteiger charge is -2.16. The van der Waals surface area contributed by atoms with Crippen LogP contribution >= 0.6 is 0 Å². The summed E-state index contributed by atoms with van der Waals surface area (Å²) in [6.45, 7) is 5.69. The first-order chi connectivity index (χ1) is 11.4. The van der Waals surface area contributed by atoms with Gasteiger partial charge in [0, 0.05) is 5.56 Å². The average molecular weight is 321 g/mol. The molecule has 0 aliphatic carbocycles. The van der Waals surface area contributed by atoms with Gasteiger partial charge in [-0.3, -0.25) is 4.79 Å². The number of allylic oxidation sites excluding steroid dienone is 1. The standard InChI is InChI=1S/C21H23NO2/c1-16-10-12-18(13-11-16)22-19(17-8-6-5-7-9-17)14-15-21(2,3)20(23)24-4/h5-15H,1-4H3/b15-14+,22-19?. The lowest BCUT2D eigenvalue weighted by Crippen LogP contribution is -2.23. The highest BCUT2D eigenvalue weighted by Crippen LogP contribution is 2.21. The lowest BCUT2D eigenvalue weighted by atomic mass is 9.92. The summed E-state index contributed by atoms with van der Waals surface area (Å²) in [7, 11) is 1.40. The van der Waals surface area contributed by atoms with Crippen LogP contribution in [0.5, 0.6) is 0 Å². The van der Waals surface area contributed by atoms with Crippen LogP contribution in [0, 0.1) is 12.3 Å². The molecule has 124 valence electrons. The number of hydrogen-bond donors (Lipinski definition) is 0. The molecule has 0 saturated heterocycles. The molecule has 2 aromatic rings. The van der Waals surface area contributed by atoms with Crippen LogP contribution in [0.4, 0.5) is 5.69 Å². The van der Waals surface area contributed by atoms with E-state index in [4.69, 9.17) is 9.73 Å². The molecule has 0 radical (unpaired) electrons. The summed E-state index contributed by atoms with van der Waals surface area (Å²) in [5, 5.41) is 0. The Bertz CT molecular complexity index is 741. The molecule has 0 amide bonds. The van der Waals surface area contributed by atoms with Gasteiger partial charge in [-0.2, -0.15) is 0 Å². The van der Waals surface area contributed by atoms with E-state index in [0.29, 0.717) is 0 Å². The highest BCUT2D eigenvalue weighted by atomic mass is 16.5. The van der Waals surface area contributed by atoms with Gasteiger partial charge in [0.25, 0.3) is 0 Å². The van der Waals surface area contributed by atoms with E-state index in [0.717, 1.165) is 17.0 Å². The minimum absolute atomic E-state index is 0.276. The highest BCUT2D eigenvalue weighted by Gasteiger charge is 2.25. The SMILES string of the molecule is COC(=O)C(C)(C)/C=C/C(=Nc1ccc(C)cc1)c1ccccc1. The van der Waals surface area contributed by atoms with Gasteiger partial charge in [-0.1, -0.05) is 54.1 Å². The van der Waals surface area contributed by atoms with Crippen molar-refractivity contribution in [3.05, 3.63) is 77.9 Å². The molecule has 0 aliphatic rings. The molecule has 0 bridgehead atoms. The van der Waals surface area contributed by atoms with Gasteiger partial charge < -0.3 is 4.74 Å². The van der Waals surface area contributed by atoms with Crippen molar-refractivity contribution in [2.24, 2.45) is 10.4 Å². The van der Waals surface area contributed by atoms with Crippen molar-refractivity contribution in [1.82, 2.24) is 0 Å². The molecule has 0 saturated carbocycles. The Morgan fingerprint density at radius 2 is 1.67 bits per heavy atom. The molecule has 0 N–H and O–H groups in total. The van der Waals surface area contributed by atoms with Crippen molar-refractivity contribution in [1.29, 1.82) is 0 Å². The van der Waals surface area contributed by atoms with Crippen LogP contribution < -0.4 is 0 Å². The van der Waals surface area contributed by atoms with Gasteiger partial charge in [0.05, 0.1) is 23.9 Å². The fourth-order valence-corrected chi connectivity index (χ4v) is 2.18. The zero-order valence-electron chi connectivity index (χ0n) is 14.6. The first-order valence-electron chi connectivity index (χ1n) is 7.91. The largest absolute Gasteiger partial charge is 0.468 e. The Kier molecular flexibility index (Phi) is 5.69. The number of esters is 1. The summed E-state index contributed by atoms with van der Waals surface area (Å²) in [6, 6.07) is 17.9. The van der Waals surface area contributed by atoms with E-state index in [1.54, 1.807) is 0 Å². The number of benzene rings is 2. The normalized spacial score (nSPS) is 12.4. The smallest absolute Gasteiger partial charge is 0.315 e. The molecular weight excluding hydrogens is 298 g/mol. The van der Waals surface area contributed by atoms with E-state index in [1.807, 2.05) is 87.5 Å². The molecule has 2 aromatic carbocycles. The van der Waals surface area contributed by atoms with Crippen molar-refractivity contribution in [2.45, 2.75) is 20.8 Å². The second-order valence-corrected chi connectivity index (χ2v) is 6.25. The molecular formula is C21H23NO2. The Morgan fingerprint density at radius 3 is 2.25 bits per heavy atom. The van der Waals surface area contributed by atoms with Gasteiger partial charge in [0.1, 0.15) is 0 Å². The zero-order valence-corrected chi connectivity index (χ0v) is 14.6. The Labute approximate surface area is 143 Å². The van der Waals surface area contributed by atoms with Crippen LogP contribution in [-0.2, 0) is 9.53 Å². The van der Waals surface area contributed by atoms with Crippen molar-refractivity contribution in [3.8, 4) is 0 Å². The van der Waals surface area contributed by atoms with Crippen LogP contribution in [0.25, 0.3) is 0 Å². The Hall–Kier alpha value is -2.68. The van der Waals surface area contributed by atoms with E-state index in [1.165, 1.54) is 12.7 Å². The molecule has 2 rings (SSSR count). The topological polar surface area (TPSA) is 38.7 Å². The molecule has 24 heavy (non-hydrogen) atoms. The van der Waals surface area contributed by atoms with Gasteiger partial charge in [-0.05, 0) is 39.0 Å². The summed E-state index contributed by atoms with van der Waals surface area (Å²) >= 11 is 0. The maximum absolute atomic E-state index is 11.9. The summed E-state index contributed by atoms with van der Waals surface area (Å²) in [6.07, 6.45) is 3.71. The first-order valence-corrected chi connectivity index (χ1v) is 7.91. The van der Waals surface area contributed by atoms with E-state index < -0.39 is 5.41 Å².